The van der Waals surface area contributed by atoms with Gasteiger partial charge in [-0.05, 0) is 18.1 Å². The van der Waals surface area contributed by atoms with Crippen molar-refractivity contribution >= 4 is 5.97 Å². The Kier molecular flexibility index (Phi) is 2.60. The van der Waals surface area contributed by atoms with Gasteiger partial charge in [0.1, 0.15) is 11.8 Å². The van der Waals surface area contributed by atoms with Crippen molar-refractivity contribution in [1.29, 1.82) is 0 Å². The number of fused-ring (bicyclic) bond motifs is 1. The van der Waals surface area contributed by atoms with E-state index in [1.54, 1.807) is 0 Å². The number of carboxylic acid groups (broad SMARTS) is 1. The Labute approximate surface area is 87.7 Å². The van der Waals surface area contributed by atoms with Crippen molar-refractivity contribution < 1.29 is 14.6 Å². The van der Waals surface area contributed by atoms with Crippen LogP contribution in [0.3, 0.4) is 0 Å². The zero-order valence-corrected chi connectivity index (χ0v) is 8.22. The molecule has 2 unspecified atom stereocenters. The molecule has 2 atom stereocenters. The van der Waals surface area contributed by atoms with Gasteiger partial charge in [-0.3, -0.25) is 4.79 Å². The Balaban J connectivity index is 2.33. The molecule has 1 aliphatic heterocycles. The number of hydrogen-bond acceptors (Lipinski definition) is 3. The first kappa shape index (κ1) is 9.98. The molecule has 0 radical (unpaired) electrons. The van der Waals surface area contributed by atoms with Gasteiger partial charge in [-0.25, -0.2) is 0 Å². The fraction of sp³-hybridized carbons (Fsp3) is 0.364. The van der Waals surface area contributed by atoms with Crippen LogP contribution in [-0.4, -0.2) is 23.7 Å². The van der Waals surface area contributed by atoms with Crippen molar-refractivity contribution in [2.24, 2.45) is 5.73 Å². The molecule has 0 amide bonds. The second kappa shape index (κ2) is 3.90. The molecule has 2 rings (SSSR count). The molecular weight excluding hydrogens is 194 g/mol. The van der Waals surface area contributed by atoms with E-state index >= 15 is 0 Å². The molecule has 1 aromatic rings. The van der Waals surface area contributed by atoms with Gasteiger partial charge in [0.05, 0.1) is 6.61 Å². The van der Waals surface area contributed by atoms with Gasteiger partial charge in [-0.15, -0.1) is 0 Å². The molecule has 0 bridgehead atoms. The van der Waals surface area contributed by atoms with Crippen LogP contribution in [0.2, 0.25) is 0 Å². The zero-order valence-electron chi connectivity index (χ0n) is 8.22. The molecule has 4 heteroatoms. The maximum absolute atomic E-state index is 10.8. The number of nitrogens with two attached hydrogens (primary N) is 1. The predicted octanol–water partition coefficient (Wildman–Crippen LogP) is 0.965. The first-order valence-electron chi connectivity index (χ1n) is 4.90. The van der Waals surface area contributed by atoms with Gasteiger partial charge in [0.15, 0.2) is 0 Å². The Morgan fingerprint density at radius 1 is 1.53 bits per heavy atom. The lowest BCUT2D eigenvalue weighted by Gasteiger charge is -2.28. The molecular formula is C11H13NO3. The summed E-state index contributed by atoms with van der Waals surface area (Å²) >= 11 is 0. The van der Waals surface area contributed by atoms with Crippen LogP contribution in [-0.2, 0) is 4.79 Å². The average Bonchev–Trinajstić information content (AvgIpc) is 2.27. The van der Waals surface area contributed by atoms with E-state index in [9.17, 15) is 4.79 Å². The second-order valence-corrected chi connectivity index (χ2v) is 3.65. The number of carbonyl (C=O) groups is 1. The Hall–Kier alpha value is -1.55. The van der Waals surface area contributed by atoms with E-state index in [0.29, 0.717) is 13.0 Å². The van der Waals surface area contributed by atoms with Gasteiger partial charge in [0, 0.05) is 5.92 Å². The van der Waals surface area contributed by atoms with E-state index in [2.05, 4.69) is 0 Å². The highest BCUT2D eigenvalue weighted by Gasteiger charge is 2.30. The van der Waals surface area contributed by atoms with Gasteiger partial charge in [0.2, 0.25) is 0 Å². The summed E-state index contributed by atoms with van der Waals surface area (Å²) in [7, 11) is 0. The van der Waals surface area contributed by atoms with Crippen LogP contribution >= 0.6 is 0 Å². The molecule has 1 aliphatic rings. The highest BCUT2D eigenvalue weighted by Crippen LogP contribution is 2.34. The lowest BCUT2D eigenvalue weighted by molar-refractivity contribution is -0.139. The average molecular weight is 207 g/mol. The fourth-order valence-corrected chi connectivity index (χ4v) is 1.91. The minimum Gasteiger partial charge on any atom is -0.493 e. The van der Waals surface area contributed by atoms with Crippen LogP contribution in [0.5, 0.6) is 5.75 Å². The van der Waals surface area contributed by atoms with E-state index in [4.69, 9.17) is 15.6 Å². The molecule has 0 fully saturated rings. The normalized spacial score (nSPS) is 21.3. The molecule has 3 N–H and O–H groups in total. The third-order valence-corrected chi connectivity index (χ3v) is 2.72. The summed E-state index contributed by atoms with van der Waals surface area (Å²) in [5.41, 5.74) is 6.55. The molecule has 0 spiro atoms. The van der Waals surface area contributed by atoms with E-state index in [1.807, 2.05) is 24.3 Å². The SMILES string of the molecule is NC(C(=O)O)C1CCOc2ccccc21. The number of aliphatic carboxylic acids is 1. The van der Waals surface area contributed by atoms with Gasteiger partial charge in [0.25, 0.3) is 0 Å². The molecule has 4 nitrogen and oxygen atoms in total. The minimum atomic E-state index is -0.961. The second-order valence-electron chi connectivity index (χ2n) is 3.65. The van der Waals surface area contributed by atoms with E-state index < -0.39 is 12.0 Å². The maximum Gasteiger partial charge on any atom is 0.321 e. The van der Waals surface area contributed by atoms with Crippen molar-refractivity contribution in [3.05, 3.63) is 29.8 Å². The quantitative estimate of drug-likeness (QED) is 0.757. The van der Waals surface area contributed by atoms with Crippen LogP contribution in [0.25, 0.3) is 0 Å². The van der Waals surface area contributed by atoms with Crippen molar-refractivity contribution in [3.8, 4) is 5.75 Å². The molecule has 0 saturated carbocycles. The molecule has 0 saturated heterocycles. The molecule has 15 heavy (non-hydrogen) atoms. The summed E-state index contributed by atoms with van der Waals surface area (Å²) in [5.74, 6) is -0.352. The minimum absolute atomic E-state index is 0.146. The van der Waals surface area contributed by atoms with Gasteiger partial charge in [-0.2, -0.15) is 0 Å². The number of carboxylic acids is 1. The fourth-order valence-electron chi connectivity index (χ4n) is 1.91. The highest BCUT2D eigenvalue weighted by molar-refractivity contribution is 5.75. The van der Waals surface area contributed by atoms with Gasteiger partial charge in [-0.1, -0.05) is 18.2 Å². The van der Waals surface area contributed by atoms with Crippen LogP contribution in [0, 0.1) is 0 Å². The third kappa shape index (κ3) is 1.80. The summed E-state index contributed by atoms with van der Waals surface area (Å²) in [6, 6.07) is 6.61. The number of para-hydroxylation sites is 1. The topological polar surface area (TPSA) is 72.6 Å². The number of ether oxygens (including phenoxy) is 1. The lowest BCUT2D eigenvalue weighted by atomic mass is 9.87. The molecule has 0 aliphatic carbocycles. The van der Waals surface area contributed by atoms with Crippen LogP contribution in [0.15, 0.2) is 24.3 Å². The third-order valence-electron chi connectivity index (χ3n) is 2.72. The van der Waals surface area contributed by atoms with Gasteiger partial charge < -0.3 is 15.6 Å². The Morgan fingerprint density at radius 3 is 3.00 bits per heavy atom. The zero-order chi connectivity index (χ0) is 10.8. The van der Waals surface area contributed by atoms with Crippen molar-refractivity contribution in [3.63, 3.8) is 0 Å². The van der Waals surface area contributed by atoms with E-state index in [1.165, 1.54) is 0 Å². The standard InChI is InChI=1S/C11H13NO3/c12-10(11(13)14)8-5-6-15-9-4-2-1-3-7(8)9/h1-4,8,10H,5-6,12H2,(H,13,14). The Morgan fingerprint density at radius 2 is 2.27 bits per heavy atom. The largest absolute Gasteiger partial charge is 0.493 e. The smallest absolute Gasteiger partial charge is 0.321 e. The summed E-state index contributed by atoms with van der Waals surface area (Å²) in [6.07, 6.45) is 0.657. The highest BCUT2D eigenvalue weighted by atomic mass is 16.5. The molecule has 0 aromatic heterocycles. The lowest BCUT2D eigenvalue weighted by Crippen LogP contribution is -2.38. The van der Waals surface area contributed by atoms with Gasteiger partial charge >= 0.3 is 5.97 Å². The van der Waals surface area contributed by atoms with Crippen molar-refractivity contribution in [1.82, 2.24) is 0 Å². The summed E-state index contributed by atoms with van der Waals surface area (Å²) in [4.78, 5) is 10.8. The number of benzene rings is 1. The van der Waals surface area contributed by atoms with E-state index in [-0.39, 0.29) is 5.92 Å². The number of hydrogen-bond donors (Lipinski definition) is 2. The first-order chi connectivity index (χ1) is 7.20. The van der Waals surface area contributed by atoms with Crippen LogP contribution in [0.1, 0.15) is 17.9 Å². The monoisotopic (exact) mass is 207 g/mol. The first-order valence-corrected chi connectivity index (χ1v) is 4.90. The summed E-state index contributed by atoms with van der Waals surface area (Å²) in [5, 5.41) is 8.89. The predicted molar refractivity (Wildman–Crippen MR) is 54.9 cm³/mol. The maximum atomic E-state index is 10.8. The van der Waals surface area contributed by atoms with Crippen LogP contribution in [0.4, 0.5) is 0 Å². The molecule has 80 valence electrons. The molecule has 1 heterocycles. The number of rotatable bonds is 2. The van der Waals surface area contributed by atoms with E-state index in [0.717, 1.165) is 11.3 Å². The van der Waals surface area contributed by atoms with Crippen molar-refractivity contribution in [2.45, 2.75) is 18.4 Å². The van der Waals surface area contributed by atoms with Crippen molar-refractivity contribution in [2.75, 3.05) is 6.61 Å². The summed E-state index contributed by atoms with van der Waals surface area (Å²) in [6.45, 7) is 0.530. The van der Waals surface area contributed by atoms with Crippen LogP contribution < -0.4 is 10.5 Å². The Bertz CT molecular complexity index is 378. The summed E-state index contributed by atoms with van der Waals surface area (Å²) < 4.78 is 5.44. The molecule has 1 aromatic carbocycles.